The predicted molar refractivity (Wildman–Crippen MR) is 97.3 cm³/mol. The van der Waals surface area contributed by atoms with Gasteiger partial charge in [-0.2, -0.15) is 0 Å². The summed E-state index contributed by atoms with van der Waals surface area (Å²) in [7, 11) is 3.04. The van der Waals surface area contributed by atoms with Gasteiger partial charge in [0.25, 0.3) is 5.91 Å². The third-order valence-electron chi connectivity index (χ3n) is 3.84. The Hall–Kier alpha value is -3.09. The topological polar surface area (TPSA) is 73.9 Å². The second-order valence-electron chi connectivity index (χ2n) is 5.74. The van der Waals surface area contributed by atoms with Gasteiger partial charge >= 0.3 is 5.97 Å². The lowest BCUT2D eigenvalue weighted by molar-refractivity contribution is -0.147. The Bertz CT molecular complexity index is 776. The van der Waals surface area contributed by atoms with Gasteiger partial charge in [-0.25, -0.2) is 4.39 Å². The number of halogens is 1. The zero-order valence-corrected chi connectivity index (χ0v) is 15.3. The maximum atomic E-state index is 12.8. The summed E-state index contributed by atoms with van der Waals surface area (Å²) in [5.74, 6) is -0.109. The normalized spacial score (nSPS) is 10.2. The molecule has 0 unspecified atom stereocenters. The smallest absolute Gasteiger partial charge is 0.310 e. The number of methoxy groups -OCH3 is 2. The summed E-state index contributed by atoms with van der Waals surface area (Å²) in [5, 5.41) is 2.65. The van der Waals surface area contributed by atoms with E-state index in [1.807, 2.05) is 0 Å². The van der Waals surface area contributed by atoms with E-state index in [0.29, 0.717) is 30.0 Å². The number of carbonyl (C=O) groups is 2. The molecular weight excluding hydrogens is 353 g/mol. The maximum absolute atomic E-state index is 12.8. The number of benzene rings is 2. The molecule has 0 aliphatic rings. The van der Waals surface area contributed by atoms with Crippen molar-refractivity contribution in [3.63, 3.8) is 0 Å². The summed E-state index contributed by atoms with van der Waals surface area (Å²) in [6.07, 6.45) is 0.541. The van der Waals surface area contributed by atoms with Crippen LogP contribution >= 0.6 is 0 Å². The van der Waals surface area contributed by atoms with Crippen molar-refractivity contribution in [1.82, 2.24) is 5.32 Å². The molecule has 0 atom stereocenters. The van der Waals surface area contributed by atoms with Crippen molar-refractivity contribution in [1.29, 1.82) is 0 Å². The van der Waals surface area contributed by atoms with Gasteiger partial charge in [0.2, 0.25) is 0 Å². The minimum Gasteiger partial charge on any atom is -0.497 e. The summed E-state index contributed by atoms with van der Waals surface area (Å²) < 4.78 is 28.1. The highest BCUT2D eigenvalue weighted by Crippen LogP contribution is 2.25. The molecule has 0 fully saturated rings. The standard InChI is InChI=1S/C20H22FNO5/c1-25-17-8-5-15(18(12-17)26-2)11-20(24)27-13-19(23)22-10-9-14-3-6-16(21)7-4-14/h3-8,12H,9-11,13H2,1-2H3,(H,22,23). The molecule has 0 heterocycles. The second-order valence-corrected chi connectivity index (χ2v) is 5.74. The van der Waals surface area contributed by atoms with Crippen molar-refractivity contribution in [2.75, 3.05) is 27.4 Å². The van der Waals surface area contributed by atoms with Gasteiger partial charge in [0.05, 0.1) is 20.6 Å². The number of carbonyl (C=O) groups excluding carboxylic acids is 2. The van der Waals surface area contributed by atoms with Crippen LogP contribution in [-0.4, -0.2) is 39.2 Å². The summed E-state index contributed by atoms with van der Waals surface area (Å²) in [6, 6.07) is 11.1. The number of rotatable bonds is 9. The number of hydrogen-bond acceptors (Lipinski definition) is 5. The number of ether oxygens (including phenoxy) is 3. The van der Waals surface area contributed by atoms with Crippen molar-refractivity contribution in [2.45, 2.75) is 12.8 Å². The molecule has 0 spiro atoms. The third kappa shape index (κ3) is 6.62. The zero-order chi connectivity index (χ0) is 19.6. The lowest BCUT2D eigenvalue weighted by Gasteiger charge is -2.10. The molecular formula is C20H22FNO5. The molecule has 0 aromatic heterocycles. The van der Waals surface area contributed by atoms with E-state index in [0.717, 1.165) is 5.56 Å². The van der Waals surface area contributed by atoms with E-state index in [2.05, 4.69) is 5.32 Å². The number of amides is 1. The van der Waals surface area contributed by atoms with Crippen molar-refractivity contribution < 1.29 is 28.2 Å². The minimum absolute atomic E-state index is 0.0178. The largest absolute Gasteiger partial charge is 0.497 e. The Morgan fingerprint density at radius 3 is 2.44 bits per heavy atom. The van der Waals surface area contributed by atoms with Crippen LogP contribution in [0, 0.1) is 5.82 Å². The molecule has 144 valence electrons. The highest BCUT2D eigenvalue weighted by molar-refractivity contribution is 5.81. The molecule has 0 aliphatic carbocycles. The summed E-state index contributed by atoms with van der Waals surface area (Å²) in [6.45, 7) is 0.00897. The number of esters is 1. The van der Waals surface area contributed by atoms with Crippen LogP contribution in [0.25, 0.3) is 0 Å². The van der Waals surface area contributed by atoms with Crippen molar-refractivity contribution in [3.8, 4) is 11.5 Å². The van der Waals surface area contributed by atoms with Gasteiger partial charge in [-0.3, -0.25) is 9.59 Å². The Morgan fingerprint density at radius 1 is 1.04 bits per heavy atom. The number of hydrogen-bond donors (Lipinski definition) is 1. The maximum Gasteiger partial charge on any atom is 0.310 e. The van der Waals surface area contributed by atoms with Crippen LogP contribution in [0.3, 0.4) is 0 Å². The van der Waals surface area contributed by atoms with Crippen LogP contribution in [0.15, 0.2) is 42.5 Å². The van der Waals surface area contributed by atoms with Crippen molar-refractivity contribution in [3.05, 3.63) is 59.4 Å². The quantitative estimate of drug-likeness (QED) is 0.681. The fourth-order valence-electron chi connectivity index (χ4n) is 2.40. The molecule has 27 heavy (non-hydrogen) atoms. The van der Waals surface area contributed by atoms with E-state index in [4.69, 9.17) is 14.2 Å². The SMILES string of the molecule is COc1ccc(CC(=O)OCC(=O)NCCc2ccc(F)cc2)c(OC)c1. The highest BCUT2D eigenvalue weighted by atomic mass is 19.1. The first-order chi connectivity index (χ1) is 13.0. The summed E-state index contributed by atoms with van der Waals surface area (Å²) in [5.41, 5.74) is 1.54. The van der Waals surface area contributed by atoms with Gasteiger partial charge in [-0.05, 0) is 30.2 Å². The van der Waals surface area contributed by atoms with E-state index < -0.39 is 11.9 Å². The lowest BCUT2D eigenvalue weighted by Crippen LogP contribution is -2.30. The molecule has 7 heteroatoms. The van der Waals surface area contributed by atoms with E-state index >= 15 is 0 Å². The van der Waals surface area contributed by atoms with E-state index in [9.17, 15) is 14.0 Å². The Morgan fingerprint density at radius 2 is 1.78 bits per heavy atom. The second kappa shape index (κ2) is 10.2. The van der Waals surface area contributed by atoms with Crippen LogP contribution in [0.1, 0.15) is 11.1 Å². The monoisotopic (exact) mass is 375 g/mol. The van der Waals surface area contributed by atoms with Crippen molar-refractivity contribution in [2.24, 2.45) is 0 Å². The third-order valence-corrected chi connectivity index (χ3v) is 3.84. The molecule has 1 amide bonds. The van der Waals surface area contributed by atoms with E-state index in [1.54, 1.807) is 30.3 Å². The highest BCUT2D eigenvalue weighted by Gasteiger charge is 2.12. The zero-order valence-electron chi connectivity index (χ0n) is 15.3. The van der Waals surface area contributed by atoms with E-state index in [-0.39, 0.29) is 18.8 Å². The van der Waals surface area contributed by atoms with Gasteiger partial charge in [-0.1, -0.05) is 18.2 Å². The molecule has 2 rings (SSSR count). The fraction of sp³-hybridized carbons (Fsp3) is 0.300. The first-order valence-corrected chi connectivity index (χ1v) is 8.39. The van der Waals surface area contributed by atoms with Crippen LogP contribution in [0.4, 0.5) is 4.39 Å². The van der Waals surface area contributed by atoms with Gasteiger partial charge in [0.15, 0.2) is 6.61 Å². The van der Waals surface area contributed by atoms with Crippen LogP contribution in [0.2, 0.25) is 0 Å². The predicted octanol–water partition coefficient (Wildman–Crippen LogP) is 2.29. The van der Waals surface area contributed by atoms with Crippen molar-refractivity contribution >= 4 is 11.9 Å². The number of nitrogens with one attached hydrogen (secondary N) is 1. The molecule has 1 N–H and O–H groups in total. The Labute approximate surface area is 157 Å². The molecule has 0 aliphatic heterocycles. The molecule has 6 nitrogen and oxygen atoms in total. The molecule has 0 saturated heterocycles. The molecule has 0 saturated carbocycles. The summed E-state index contributed by atoms with van der Waals surface area (Å²) >= 11 is 0. The van der Waals surface area contributed by atoms with Crippen LogP contribution < -0.4 is 14.8 Å². The molecule has 0 radical (unpaired) electrons. The average Bonchev–Trinajstić information content (AvgIpc) is 2.68. The average molecular weight is 375 g/mol. The van der Waals surface area contributed by atoms with Gasteiger partial charge in [0.1, 0.15) is 17.3 Å². The first-order valence-electron chi connectivity index (χ1n) is 8.39. The minimum atomic E-state index is -0.535. The first kappa shape index (κ1) is 20.2. The Kier molecular flexibility index (Phi) is 7.61. The van der Waals surface area contributed by atoms with Crippen LogP contribution in [0.5, 0.6) is 11.5 Å². The van der Waals surface area contributed by atoms with Crippen LogP contribution in [-0.2, 0) is 27.2 Å². The lowest BCUT2D eigenvalue weighted by atomic mass is 10.1. The Balaban J connectivity index is 1.73. The molecule has 2 aromatic carbocycles. The molecule has 2 aromatic rings. The summed E-state index contributed by atoms with van der Waals surface area (Å²) in [4.78, 5) is 23.7. The fourth-order valence-corrected chi connectivity index (χ4v) is 2.40. The van der Waals surface area contributed by atoms with E-state index in [1.165, 1.54) is 26.4 Å². The van der Waals surface area contributed by atoms with Gasteiger partial charge < -0.3 is 19.5 Å². The van der Waals surface area contributed by atoms with Gasteiger partial charge in [0, 0.05) is 18.2 Å². The van der Waals surface area contributed by atoms with Gasteiger partial charge in [-0.15, -0.1) is 0 Å². The molecule has 0 bridgehead atoms.